The van der Waals surface area contributed by atoms with Crippen LogP contribution in [0.4, 0.5) is 0 Å². The van der Waals surface area contributed by atoms with Gasteiger partial charge in [-0.1, -0.05) is 337 Å². The van der Waals surface area contributed by atoms with Gasteiger partial charge >= 0.3 is 39.5 Å². The van der Waals surface area contributed by atoms with E-state index in [1.54, 1.807) is 0 Å². The summed E-state index contributed by atoms with van der Waals surface area (Å²) in [5, 5.41) is 10.6. The van der Waals surface area contributed by atoms with Crippen LogP contribution in [0.5, 0.6) is 0 Å². The quantitative estimate of drug-likeness (QED) is 0.0222. The van der Waals surface area contributed by atoms with Crippen LogP contribution >= 0.6 is 15.6 Å². The van der Waals surface area contributed by atoms with Gasteiger partial charge in [0.1, 0.15) is 19.3 Å². The number of phosphoric ester groups is 2. The fourth-order valence-electron chi connectivity index (χ4n) is 11.4. The molecule has 17 nitrogen and oxygen atoms in total. The van der Waals surface area contributed by atoms with Crippen molar-refractivity contribution in [1.82, 2.24) is 0 Å². The van der Waals surface area contributed by atoms with Gasteiger partial charge in [-0.15, -0.1) is 0 Å². The first kappa shape index (κ1) is 92.1. The summed E-state index contributed by atoms with van der Waals surface area (Å²) in [5.41, 5.74) is 0. The van der Waals surface area contributed by atoms with E-state index in [0.29, 0.717) is 25.7 Å². The minimum absolute atomic E-state index is 0.103. The van der Waals surface area contributed by atoms with Gasteiger partial charge in [0.15, 0.2) is 12.2 Å². The highest BCUT2D eigenvalue weighted by Gasteiger charge is 2.30. The van der Waals surface area contributed by atoms with Crippen LogP contribution in [0.3, 0.4) is 0 Å². The molecule has 0 aliphatic rings. The van der Waals surface area contributed by atoms with Crippen molar-refractivity contribution in [3.63, 3.8) is 0 Å². The van der Waals surface area contributed by atoms with Gasteiger partial charge in [0.25, 0.3) is 0 Å². The van der Waals surface area contributed by atoms with E-state index in [1.807, 2.05) is 0 Å². The maximum Gasteiger partial charge on any atom is 0.472 e. The summed E-state index contributed by atoms with van der Waals surface area (Å²) < 4.78 is 68.3. The lowest BCUT2D eigenvalue weighted by atomic mass is 10.00. The molecule has 0 spiro atoms. The molecule has 19 heteroatoms. The van der Waals surface area contributed by atoms with Gasteiger partial charge in [-0.2, -0.15) is 0 Å². The number of esters is 4. The van der Waals surface area contributed by atoms with Crippen LogP contribution < -0.4 is 0 Å². The van der Waals surface area contributed by atoms with Gasteiger partial charge in [-0.05, 0) is 37.5 Å². The van der Waals surface area contributed by atoms with Crippen molar-refractivity contribution in [2.24, 2.45) is 11.8 Å². The Hall–Kier alpha value is -1.94. The lowest BCUT2D eigenvalue weighted by Gasteiger charge is -2.21. The molecule has 6 atom stereocenters. The molecule has 0 aliphatic heterocycles. The Morgan fingerprint density at radius 2 is 0.543 bits per heavy atom. The Balaban J connectivity index is 5.17. The molecule has 3 N–H and O–H groups in total. The number of ether oxygens (including phenoxy) is 4. The van der Waals surface area contributed by atoms with Crippen LogP contribution in [0.25, 0.3) is 0 Å². The molecule has 0 aromatic rings. The van der Waals surface area contributed by atoms with Gasteiger partial charge in [-0.25, -0.2) is 9.13 Å². The third-order valence-electron chi connectivity index (χ3n) is 17.8. The maximum atomic E-state index is 13.1. The number of aliphatic hydroxyl groups is 1. The molecule has 0 amide bonds. The zero-order valence-electron chi connectivity index (χ0n) is 61.3. The monoisotopic (exact) mass is 1380 g/mol. The predicted octanol–water partition coefficient (Wildman–Crippen LogP) is 21.9. The molecule has 3 unspecified atom stereocenters. The van der Waals surface area contributed by atoms with Crippen LogP contribution in [-0.2, 0) is 65.4 Å². The summed E-state index contributed by atoms with van der Waals surface area (Å²) in [5.74, 6) is -0.595. The van der Waals surface area contributed by atoms with E-state index in [-0.39, 0.29) is 25.7 Å². The zero-order chi connectivity index (χ0) is 69.3. The minimum Gasteiger partial charge on any atom is -0.462 e. The van der Waals surface area contributed by atoms with Gasteiger partial charge in [0.2, 0.25) is 0 Å². The Bertz CT molecular complexity index is 1820. The highest BCUT2D eigenvalue weighted by Crippen LogP contribution is 2.45. The maximum absolute atomic E-state index is 13.1. The normalized spacial score (nSPS) is 14.3. The van der Waals surface area contributed by atoms with Gasteiger partial charge in [0.05, 0.1) is 26.4 Å². The number of hydrogen-bond acceptors (Lipinski definition) is 15. The van der Waals surface area contributed by atoms with Gasteiger partial charge < -0.3 is 33.8 Å². The van der Waals surface area contributed by atoms with E-state index < -0.39 is 97.5 Å². The lowest BCUT2D eigenvalue weighted by Crippen LogP contribution is -2.30. The number of hydrogen-bond donors (Lipinski definition) is 3. The molecular formula is C75H146O17P2. The van der Waals surface area contributed by atoms with E-state index in [0.717, 1.165) is 115 Å². The predicted molar refractivity (Wildman–Crippen MR) is 381 cm³/mol. The summed E-state index contributed by atoms with van der Waals surface area (Å²) in [4.78, 5) is 72.6. The number of unbranched alkanes of at least 4 members (excludes halogenated alkanes) is 43. The third-order valence-corrected chi connectivity index (χ3v) is 19.7. The second kappa shape index (κ2) is 66.9. The van der Waals surface area contributed by atoms with E-state index in [9.17, 15) is 43.2 Å². The number of phosphoric acid groups is 2. The fraction of sp³-hybridized carbons (Fsp3) is 0.947. The van der Waals surface area contributed by atoms with Crippen LogP contribution in [0.15, 0.2) is 0 Å². The van der Waals surface area contributed by atoms with Crippen LogP contribution in [-0.4, -0.2) is 96.7 Å². The average molecular weight is 1380 g/mol. The minimum atomic E-state index is -4.96. The number of carbonyl (C=O) groups excluding carboxylic acids is 4. The number of carbonyl (C=O) groups is 4. The van der Waals surface area contributed by atoms with Crippen LogP contribution in [0.1, 0.15) is 388 Å². The molecule has 0 rings (SSSR count). The van der Waals surface area contributed by atoms with E-state index >= 15 is 0 Å². The smallest absolute Gasteiger partial charge is 0.462 e. The molecule has 0 aliphatic carbocycles. The molecule has 0 aromatic carbocycles. The second-order valence-corrected chi connectivity index (χ2v) is 30.7. The fourth-order valence-corrected chi connectivity index (χ4v) is 13.0. The van der Waals surface area contributed by atoms with E-state index in [2.05, 4.69) is 41.5 Å². The largest absolute Gasteiger partial charge is 0.472 e. The third kappa shape index (κ3) is 67.3. The summed E-state index contributed by atoms with van der Waals surface area (Å²) in [6.07, 6.45) is 54.4. The molecule has 0 saturated heterocycles. The van der Waals surface area contributed by atoms with Crippen molar-refractivity contribution in [3.05, 3.63) is 0 Å². The molecule has 558 valence electrons. The zero-order valence-corrected chi connectivity index (χ0v) is 63.1. The topological polar surface area (TPSA) is 237 Å². The van der Waals surface area contributed by atoms with Crippen LogP contribution in [0, 0.1) is 11.8 Å². The Kier molecular flexibility index (Phi) is 65.5. The molecule has 0 saturated carbocycles. The Morgan fingerprint density at radius 3 is 0.809 bits per heavy atom. The van der Waals surface area contributed by atoms with Gasteiger partial charge in [0, 0.05) is 25.7 Å². The molecular weight excluding hydrogens is 1230 g/mol. The van der Waals surface area contributed by atoms with Gasteiger partial charge in [-0.3, -0.25) is 37.3 Å². The van der Waals surface area contributed by atoms with Crippen molar-refractivity contribution < 1.29 is 80.2 Å². The molecule has 0 heterocycles. The second-order valence-electron chi connectivity index (χ2n) is 27.8. The molecule has 94 heavy (non-hydrogen) atoms. The first-order chi connectivity index (χ1) is 45.4. The molecule has 0 fully saturated rings. The van der Waals surface area contributed by atoms with E-state index in [4.69, 9.17) is 37.0 Å². The number of aliphatic hydroxyl groups excluding tert-OH is 1. The summed E-state index contributed by atoms with van der Waals surface area (Å²) in [6, 6.07) is 0. The Labute approximate surface area is 575 Å². The lowest BCUT2D eigenvalue weighted by molar-refractivity contribution is -0.161. The van der Waals surface area contributed by atoms with Crippen molar-refractivity contribution >= 4 is 39.5 Å². The highest BCUT2D eigenvalue weighted by molar-refractivity contribution is 7.47. The molecule has 0 radical (unpaired) electrons. The molecule has 0 aromatic heterocycles. The summed E-state index contributed by atoms with van der Waals surface area (Å²) in [7, 11) is -9.90. The summed E-state index contributed by atoms with van der Waals surface area (Å²) in [6.45, 7) is 9.52. The first-order valence-corrected chi connectivity index (χ1v) is 42.0. The van der Waals surface area contributed by atoms with Crippen LogP contribution in [0.2, 0.25) is 0 Å². The standard InChI is InChI=1S/C75H146O17P2/c1-7-10-12-14-16-17-18-19-20-21-22-26-29-32-35-39-46-52-58-73(78)86-64-70(91-74(79)59-53-47-40-36-33-30-27-24-23-25-28-31-34-38-43-49-55-67(4)5)65-89-93(81,82)87-61-69(76)62-88-94(83,84)90-66-71(63-85-72(77)57-51-45-37-15-13-11-8-2)92-75(80)60-54-48-42-41-44-50-56-68(6)9-3/h67-71,76H,7-66H2,1-6H3,(H,81,82)(H,83,84)/t68?,69-,70-,71-/m1/s1. The summed E-state index contributed by atoms with van der Waals surface area (Å²) >= 11 is 0. The van der Waals surface area contributed by atoms with Crippen molar-refractivity contribution in [2.45, 2.75) is 407 Å². The first-order valence-electron chi connectivity index (χ1n) is 39.0. The Morgan fingerprint density at radius 1 is 0.309 bits per heavy atom. The highest BCUT2D eigenvalue weighted by atomic mass is 31.2. The number of rotatable bonds is 74. The average Bonchev–Trinajstić information content (AvgIpc) is 1.34. The molecule has 0 bridgehead atoms. The SMILES string of the molecule is CCCCCCCCCCCCCCCCCCCCC(=O)OC[C@H](COP(=O)(O)OC[C@@H](O)COP(=O)(O)OC[C@@H](COC(=O)CCCCCCCCC)OC(=O)CCCCCCCCC(C)CC)OC(=O)CCCCCCCCCCCCCCCCCCC(C)C. The van der Waals surface area contributed by atoms with Crippen molar-refractivity contribution in [3.8, 4) is 0 Å². The van der Waals surface area contributed by atoms with E-state index in [1.165, 1.54) is 193 Å². The van der Waals surface area contributed by atoms with Crippen molar-refractivity contribution in [1.29, 1.82) is 0 Å². The van der Waals surface area contributed by atoms with Crippen molar-refractivity contribution in [2.75, 3.05) is 39.6 Å².